The van der Waals surface area contributed by atoms with Gasteiger partial charge in [0.15, 0.2) is 12.6 Å². The first-order valence-corrected chi connectivity index (χ1v) is 9.19. The van der Waals surface area contributed by atoms with Crippen molar-refractivity contribution in [1.29, 1.82) is 0 Å². The van der Waals surface area contributed by atoms with E-state index in [1.807, 2.05) is 25.9 Å². The van der Waals surface area contributed by atoms with Crippen LogP contribution in [0, 0.1) is 5.92 Å². The predicted molar refractivity (Wildman–Crippen MR) is 108 cm³/mol. The van der Waals surface area contributed by atoms with E-state index in [4.69, 9.17) is 4.74 Å². The summed E-state index contributed by atoms with van der Waals surface area (Å²) in [6.45, 7) is 4.51. The first-order valence-electron chi connectivity index (χ1n) is 9.19. The minimum atomic E-state index is -0.210. The molecule has 1 heterocycles. The van der Waals surface area contributed by atoms with Crippen LogP contribution in [-0.4, -0.2) is 69.6 Å². The van der Waals surface area contributed by atoms with Crippen molar-refractivity contribution in [3.8, 4) is 5.75 Å². The molecule has 1 atom stereocenters. The second-order valence-corrected chi connectivity index (χ2v) is 6.87. The Labute approximate surface area is 167 Å². The van der Waals surface area contributed by atoms with Gasteiger partial charge in [-0.3, -0.25) is 24.5 Å². The summed E-state index contributed by atoms with van der Waals surface area (Å²) in [4.78, 5) is 44.3. The van der Waals surface area contributed by atoms with Crippen LogP contribution in [0.4, 0.5) is 0 Å². The summed E-state index contributed by atoms with van der Waals surface area (Å²) in [6, 6.07) is 5.39. The molecular formula is C20H31N3O5. The topological polar surface area (TPSA) is 105 Å². The number of aldehydes is 2. The van der Waals surface area contributed by atoms with Gasteiger partial charge in [-0.05, 0) is 33.5 Å². The highest BCUT2D eigenvalue weighted by atomic mass is 16.5. The number of nitrogens with zero attached hydrogens (tertiary/aromatic N) is 1. The number of amides is 2. The van der Waals surface area contributed by atoms with E-state index in [0.29, 0.717) is 60.8 Å². The lowest BCUT2D eigenvalue weighted by atomic mass is 10.1. The largest absolute Gasteiger partial charge is 0.492 e. The minimum Gasteiger partial charge on any atom is -0.492 e. The average Bonchev–Trinajstić information content (AvgIpc) is 2.65. The summed E-state index contributed by atoms with van der Waals surface area (Å²) in [5, 5.41) is 5.24. The Kier molecular flexibility index (Phi) is 10.7. The third-order valence-corrected chi connectivity index (χ3v) is 4.58. The van der Waals surface area contributed by atoms with Gasteiger partial charge in [0.2, 0.25) is 12.3 Å². The lowest BCUT2D eigenvalue weighted by Crippen LogP contribution is -2.45. The lowest BCUT2D eigenvalue weighted by Gasteiger charge is -2.27. The summed E-state index contributed by atoms with van der Waals surface area (Å²) in [5.41, 5.74) is 0.712. The number of imide groups is 1. The van der Waals surface area contributed by atoms with Crippen molar-refractivity contribution >= 4 is 24.9 Å². The summed E-state index contributed by atoms with van der Waals surface area (Å²) >= 11 is 0. The number of nitrogens with one attached hydrogen (secondary N) is 2. The fourth-order valence-electron chi connectivity index (χ4n) is 2.33. The predicted octanol–water partition coefficient (Wildman–Crippen LogP) is 1.15. The quantitative estimate of drug-likeness (QED) is 0.575. The van der Waals surface area contributed by atoms with Crippen LogP contribution in [0.25, 0.3) is 0 Å². The van der Waals surface area contributed by atoms with Crippen molar-refractivity contribution in [2.24, 2.45) is 5.92 Å². The molecule has 0 aromatic heterocycles. The van der Waals surface area contributed by atoms with Crippen LogP contribution in [0.1, 0.15) is 41.9 Å². The van der Waals surface area contributed by atoms with Gasteiger partial charge >= 0.3 is 0 Å². The maximum absolute atomic E-state index is 10.9. The first kappa shape index (κ1) is 23.5. The number of carbonyl (C=O) groups excluding carboxylic acids is 4. The molecular weight excluding hydrogens is 362 g/mol. The van der Waals surface area contributed by atoms with Gasteiger partial charge in [-0.25, -0.2) is 0 Å². The third-order valence-electron chi connectivity index (χ3n) is 4.58. The molecule has 8 heteroatoms. The molecule has 1 aliphatic heterocycles. The van der Waals surface area contributed by atoms with Crippen molar-refractivity contribution in [2.75, 3.05) is 33.8 Å². The van der Waals surface area contributed by atoms with Crippen LogP contribution >= 0.6 is 0 Å². The molecule has 156 valence electrons. The Hall–Kier alpha value is -2.58. The molecule has 1 aromatic rings. The summed E-state index contributed by atoms with van der Waals surface area (Å²) < 4.78 is 5.54. The van der Waals surface area contributed by atoms with Gasteiger partial charge in [0, 0.05) is 38.5 Å². The van der Waals surface area contributed by atoms with E-state index in [1.165, 1.54) is 0 Å². The molecule has 0 bridgehead atoms. The van der Waals surface area contributed by atoms with Gasteiger partial charge in [-0.2, -0.15) is 0 Å². The molecule has 2 amide bonds. The highest BCUT2D eigenvalue weighted by Crippen LogP contribution is 2.20. The average molecular weight is 393 g/mol. The summed E-state index contributed by atoms with van der Waals surface area (Å²) in [6.07, 6.45) is 2.92. The molecule has 1 unspecified atom stereocenters. The van der Waals surface area contributed by atoms with Crippen LogP contribution in [0.3, 0.4) is 0 Å². The zero-order valence-corrected chi connectivity index (χ0v) is 16.6. The van der Waals surface area contributed by atoms with Crippen LogP contribution in [0.2, 0.25) is 0 Å². The van der Waals surface area contributed by atoms with Gasteiger partial charge in [-0.15, -0.1) is 0 Å². The highest BCUT2D eigenvalue weighted by molar-refractivity contribution is 5.92. The van der Waals surface area contributed by atoms with Gasteiger partial charge in [0.25, 0.3) is 0 Å². The minimum absolute atomic E-state index is 0. The SMILES string of the molecule is CC(CCC(=O)NC=O)N(C)C.O=Cc1cccc(OCC2CNC2)c1C=O.[HH]. The van der Waals surface area contributed by atoms with E-state index in [2.05, 4.69) is 10.6 Å². The Balaban J connectivity index is 0.000000547. The monoisotopic (exact) mass is 393 g/mol. The van der Waals surface area contributed by atoms with E-state index in [0.717, 1.165) is 19.5 Å². The number of carbonyl (C=O) groups is 4. The molecule has 2 rings (SSSR count). The maximum Gasteiger partial charge on any atom is 0.226 e. The van der Waals surface area contributed by atoms with E-state index < -0.39 is 0 Å². The van der Waals surface area contributed by atoms with Crippen molar-refractivity contribution in [2.45, 2.75) is 25.8 Å². The second kappa shape index (κ2) is 12.7. The molecule has 1 aliphatic rings. The number of hydrogen-bond acceptors (Lipinski definition) is 7. The smallest absolute Gasteiger partial charge is 0.226 e. The Morgan fingerprint density at radius 2 is 2.04 bits per heavy atom. The number of benzene rings is 1. The van der Waals surface area contributed by atoms with Gasteiger partial charge in [0.1, 0.15) is 5.75 Å². The third kappa shape index (κ3) is 7.98. The highest BCUT2D eigenvalue weighted by Gasteiger charge is 2.18. The molecule has 1 aromatic carbocycles. The Morgan fingerprint density at radius 1 is 1.32 bits per heavy atom. The Bertz CT molecular complexity index is 666. The zero-order valence-electron chi connectivity index (χ0n) is 16.6. The molecule has 0 aliphatic carbocycles. The van der Waals surface area contributed by atoms with Crippen molar-refractivity contribution in [3.63, 3.8) is 0 Å². The van der Waals surface area contributed by atoms with E-state index >= 15 is 0 Å². The van der Waals surface area contributed by atoms with Crippen LogP contribution in [-0.2, 0) is 9.59 Å². The molecule has 0 saturated carbocycles. The van der Waals surface area contributed by atoms with Crippen molar-refractivity contribution < 1.29 is 25.3 Å². The van der Waals surface area contributed by atoms with E-state index in [1.54, 1.807) is 18.2 Å². The Morgan fingerprint density at radius 3 is 2.54 bits per heavy atom. The standard InChI is InChI=1S/C12H13NO3.C8H16N2O2.H2/c14-6-10-2-1-3-12(11(10)7-15)16-8-9-4-13-5-9;1-7(10(2)3)4-5-8(12)9-6-11;/h1-3,6-7,9,13H,4-5,8H2;6-7H,4-5H2,1-3H3,(H,9,11,12);1H. The van der Waals surface area contributed by atoms with Gasteiger partial charge in [-0.1, -0.05) is 12.1 Å². The number of ether oxygens (including phenoxy) is 1. The van der Waals surface area contributed by atoms with E-state index in [9.17, 15) is 19.2 Å². The molecule has 1 saturated heterocycles. The fourth-order valence-corrected chi connectivity index (χ4v) is 2.33. The first-order chi connectivity index (χ1) is 13.4. The maximum atomic E-state index is 10.9. The lowest BCUT2D eigenvalue weighted by molar-refractivity contribution is -0.125. The van der Waals surface area contributed by atoms with E-state index in [-0.39, 0.29) is 7.33 Å². The molecule has 1 fully saturated rings. The van der Waals surface area contributed by atoms with Crippen LogP contribution in [0.15, 0.2) is 18.2 Å². The second-order valence-electron chi connectivity index (χ2n) is 6.87. The van der Waals surface area contributed by atoms with Crippen LogP contribution < -0.4 is 15.4 Å². The normalized spacial score (nSPS) is 14.1. The molecule has 0 spiro atoms. The summed E-state index contributed by atoms with van der Waals surface area (Å²) in [5.74, 6) is 0.782. The molecule has 8 nitrogen and oxygen atoms in total. The molecule has 2 N–H and O–H groups in total. The summed E-state index contributed by atoms with van der Waals surface area (Å²) in [7, 11) is 3.92. The van der Waals surface area contributed by atoms with Crippen LogP contribution in [0.5, 0.6) is 5.75 Å². The zero-order chi connectivity index (χ0) is 20.9. The van der Waals surface area contributed by atoms with Crippen molar-refractivity contribution in [1.82, 2.24) is 15.5 Å². The fraction of sp³-hybridized carbons (Fsp3) is 0.500. The van der Waals surface area contributed by atoms with Gasteiger partial charge < -0.3 is 15.0 Å². The van der Waals surface area contributed by atoms with Crippen molar-refractivity contribution in [3.05, 3.63) is 29.3 Å². The number of hydrogen-bond donors (Lipinski definition) is 2. The number of rotatable bonds is 10. The van der Waals surface area contributed by atoms with Gasteiger partial charge in [0.05, 0.1) is 12.2 Å². The molecule has 0 radical (unpaired) electrons. The molecule has 28 heavy (non-hydrogen) atoms.